The third kappa shape index (κ3) is 3.16. The van der Waals surface area contributed by atoms with E-state index in [9.17, 15) is 8.42 Å². The van der Waals surface area contributed by atoms with Crippen molar-refractivity contribution in [2.24, 2.45) is 0 Å². The maximum Gasteiger partial charge on any atom is 0.244 e. The molecule has 1 aromatic carbocycles. The first-order chi connectivity index (χ1) is 8.43. The summed E-state index contributed by atoms with van der Waals surface area (Å²) < 4.78 is 25.7. The van der Waals surface area contributed by atoms with Gasteiger partial charge in [0.1, 0.15) is 4.90 Å². The van der Waals surface area contributed by atoms with Gasteiger partial charge in [-0.3, -0.25) is 0 Å². The molecular weight excluding hydrogens is 270 g/mol. The van der Waals surface area contributed by atoms with Crippen molar-refractivity contribution in [2.45, 2.75) is 4.90 Å². The molecule has 0 radical (unpaired) electrons. The molecule has 2 N–H and O–H groups in total. The molecule has 5 nitrogen and oxygen atoms in total. The first-order valence-corrected chi connectivity index (χ1v) is 8.01. The first-order valence-electron chi connectivity index (χ1n) is 5.18. The van der Waals surface area contributed by atoms with E-state index >= 15 is 0 Å². The fourth-order valence-corrected chi connectivity index (χ4v) is 3.20. The van der Waals surface area contributed by atoms with E-state index in [0.717, 1.165) is 0 Å². The summed E-state index contributed by atoms with van der Waals surface area (Å²) in [6.45, 7) is 0.420. The Morgan fingerprint density at radius 2 is 2.17 bits per heavy atom. The molecule has 0 fully saturated rings. The summed E-state index contributed by atoms with van der Waals surface area (Å²) >= 11 is 1.57. The first kappa shape index (κ1) is 14.8. The highest BCUT2D eigenvalue weighted by atomic mass is 32.2. The standard InChI is InChI=1S/C11H15N3O2S2/c1-14(5-6-17-2)18(15,16)11-4-3-9(8-12)7-10(11)13/h3-4,7H,5-6,13H2,1-2H3. The van der Waals surface area contributed by atoms with Crippen molar-refractivity contribution in [1.29, 1.82) is 5.26 Å². The molecule has 1 aromatic rings. The van der Waals surface area contributed by atoms with Crippen molar-refractivity contribution in [2.75, 3.05) is 31.3 Å². The highest BCUT2D eigenvalue weighted by Gasteiger charge is 2.22. The van der Waals surface area contributed by atoms with Crippen molar-refractivity contribution in [3.05, 3.63) is 23.8 Å². The van der Waals surface area contributed by atoms with Crippen LogP contribution in [0.1, 0.15) is 5.56 Å². The van der Waals surface area contributed by atoms with Crippen molar-refractivity contribution < 1.29 is 8.42 Å². The number of nitrogens with zero attached hydrogens (tertiary/aromatic N) is 2. The largest absolute Gasteiger partial charge is 0.398 e. The third-order valence-electron chi connectivity index (χ3n) is 2.44. The van der Waals surface area contributed by atoms with Gasteiger partial charge in [0.15, 0.2) is 0 Å². The lowest BCUT2D eigenvalue weighted by Gasteiger charge is -2.17. The van der Waals surface area contributed by atoms with Crippen LogP contribution in [0.3, 0.4) is 0 Å². The van der Waals surface area contributed by atoms with Gasteiger partial charge in [0, 0.05) is 19.3 Å². The number of hydrogen-bond acceptors (Lipinski definition) is 5. The lowest BCUT2D eigenvalue weighted by atomic mass is 10.2. The molecule has 0 aliphatic rings. The number of nitrogens with two attached hydrogens (primary N) is 1. The molecule has 0 saturated carbocycles. The van der Waals surface area contributed by atoms with E-state index in [4.69, 9.17) is 11.0 Å². The second-order valence-electron chi connectivity index (χ2n) is 3.68. The minimum Gasteiger partial charge on any atom is -0.398 e. The average Bonchev–Trinajstić information content (AvgIpc) is 2.35. The maximum absolute atomic E-state index is 12.2. The highest BCUT2D eigenvalue weighted by Crippen LogP contribution is 2.22. The van der Waals surface area contributed by atoms with Gasteiger partial charge in [-0.2, -0.15) is 17.0 Å². The normalized spacial score (nSPS) is 11.4. The lowest BCUT2D eigenvalue weighted by Crippen LogP contribution is -2.29. The van der Waals surface area contributed by atoms with Gasteiger partial charge in [-0.15, -0.1) is 0 Å². The SMILES string of the molecule is CSCCN(C)S(=O)(=O)c1ccc(C#N)cc1N. The summed E-state index contributed by atoms with van der Waals surface area (Å²) in [6, 6.07) is 6.11. The van der Waals surface area contributed by atoms with E-state index in [2.05, 4.69) is 0 Å². The minimum absolute atomic E-state index is 0.0464. The van der Waals surface area contributed by atoms with E-state index in [-0.39, 0.29) is 10.6 Å². The number of thioether (sulfide) groups is 1. The molecule has 0 atom stereocenters. The van der Waals surface area contributed by atoms with Crippen molar-refractivity contribution in [3.63, 3.8) is 0 Å². The Morgan fingerprint density at radius 1 is 1.50 bits per heavy atom. The number of hydrogen-bond donors (Lipinski definition) is 1. The van der Waals surface area contributed by atoms with Crippen LogP contribution >= 0.6 is 11.8 Å². The Hall–Kier alpha value is -1.23. The summed E-state index contributed by atoms with van der Waals surface area (Å²) in [5, 5.41) is 8.71. The van der Waals surface area contributed by atoms with Crippen LogP contribution in [0.2, 0.25) is 0 Å². The quantitative estimate of drug-likeness (QED) is 0.819. The van der Waals surface area contributed by atoms with Gasteiger partial charge in [-0.05, 0) is 24.5 Å². The zero-order chi connectivity index (χ0) is 13.8. The summed E-state index contributed by atoms with van der Waals surface area (Å²) in [4.78, 5) is 0.0464. The van der Waals surface area contributed by atoms with Gasteiger partial charge < -0.3 is 5.73 Å². The fraction of sp³-hybridized carbons (Fsp3) is 0.364. The maximum atomic E-state index is 12.2. The molecule has 0 aliphatic heterocycles. The molecule has 0 saturated heterocycles. The Kier molecular flexibility index (Phi) is 5.02. The van der Waals surface area contributed by atoms with Crippen LogP contribution in [0.25, 0.3) is 0 Å². The molecule has 1 rings (SSSR count). The topological polar surface area (TPSA) is 87.2 Å². The lowest BCUT2D eigenvalue weighted by molar-refractivity contribution is 0.489. The van der Waals surface area contributed by atoms with Gasteiger partial charge in [-0.1, -0.05) is 0 Å². The van der Waals surface area contributed by atoms with Crippen LogP contribution in [0.15, 0.2) is 23.1 Å². The van der Waals surface area contributed by atoms with Crippen LogP contribution in [-0.2, 0) is 10.0 Å². The average molecular weight is 285 g/mol. The van der Waals surface area contributed by atoms with E-state index in [1.165, 1.54) is 29.6 Å². The van der Waals surface area contributed by atoms with Gasteiger partial charge in [0.05, 0.1) is 17.3 Å². The van der Waals surface area contributed by atoms with Crippen molar-refractivity contribution >= 4 is 27.5 Å². The summed E-state index contributed by atoms with van der Waals surface area (Å²) in [5.74, 6) is 0.714. The second-order valence-corrected chi connectivity index (χ2v) is 6.68. The Morgan fingerprint density at radius 3 is 2.67 bits per heavy atom. The molecule has 0 bridgehead atoms. The number of sulfonamides is 1. The molecule has 0 aliphatic carbocycles. The Labute approximate surface area is 112 Å². The zero-order valence-electron chi connectivity index (χ0n) is 10.3. The van der Waals surface area contributed by atoms with E-state index in [0.29, 0.717) is 17.9 Å². The van der Waals surface area contributed by atoms with Gasteiger partial charge in [0.2, 0.25) is 10.0 Å². The molecule has 0 aromatic heterocycles. The van der Waals surface area contributed by atoms with Crippen molar-refractivity contribution in [3.8, 4) is 6.07 Å². The summed E-state index contributed by atoms with van der Waals surface area (Å²) in [6.07, 6.45) is 1.91. The number of nitrogen functional groups attached to an aromatic ring is 1. The number of anilines is 1. The molecule has 0 spiro atoms. The summed E-state index contributed by atoms with van der Waals surface area (Å²) in [5.41, 5.74) is 6.13. The van der Waals surface area contributed by atoms with Crippen LogP contribution < -0.4 is 5.73 Å². The van der Waals surface area contributed by atoms with Crippen LogP contribution in [-0.4, -0.2) is 38.3 Å². The highest BCUT2D eigenvalue weighted by molar-refractivity contribution is 7.98. The number of rotatable bonds is 5. The molecule has 0 heterocycles. The predicted octanol–water partition coefficient (Wildman–Crippen LogP) is 1.12. The molecule has 0 unspecified atom stereocenters. The van der Waals surface area contributed by atoms with E-state index < -0.39 is 10.0 Å². The molecule has 98 valence electrons. The van der Waals surface area contributed by atoms with Crippen LogP contribution in [0, 0.1) is 11.3 Å². The molecular formula is C11H15N3O2S2. The number of nitriles is 1. The molecule has 0 amide bonds. The minimum atomic E-state index is -3.58. The van der Waals surface area contributed by atoms with E-state index in [1.54, 1.807) is 11.8 Å². The zero-order valence-corrected chi connectivity index (χ0v) is 11.9. The number of benzene rings is 1. The summed E-state index contributed by atoms with van der Waals surface area (Å²) in [7, 11) is -2.06. The third-order valence-corrected chi connectivity index (χ3v) is 4.96. The Balaban J connectivity index is 3.09. The van der Waals surface area contributed by atoms with Crippen LogP contribution in [0.5, 0.6) is 0 Å². The van der Waals surface area contributed by atoms with Crippen LogP contribution in [0.4, 0.5) is 5.69 Å². The molecule has 18 heavy (non-hydrogen) atoms. The predicted molar refractivity (Wildman–Crippen MR) is 73.8 cm³/mol. The van der Waals surface area contributed by atoms with E-state index in [1.807, 2.05) is 12.3 Å². The van der Waals surface area contributed by atoms with Crippen molar-refractivity contribution in [1.82, 2.24) is 4.31 Å². The monoisotopic (exact) mass is 285 g/mol. The van der Waals surface area contributed by atoms with Gasteiger partial charge >= 0.3 is 0 Å². The fourth-order valence-electron chi connectivity index (χ4n) is 1.36. The van der Waals surface area contributed by atoms with Gasteiger partial charge in [0.25, 0.3) is 0 Å². The molecule has 7 heteroatoms. The smallest absolute Gasteiger partial charge is 0.244 e. The van der Waals surface area contributed by atoms with Gasteiger partial charge in [-0.25, -0.2) is 12.7 Å². The Bertz CT molecular complexity index is 564. The second kappa shape index (κ2) is 6.09.